The molecule has 4 rings (SSSR count). The standard InChI is InChI=1S/2C9H18N2.C8H16N2.C5H8N2/c1-4-5-6-11-8-7-10(3)9(11)2;1-3-5-6-11-8-7-10(4-2)9-11;1-3-4-5-10-7-6-9(2)8-10;1-2-5-6-3-4-7-5/h7-9H,4-6H2,1-3H3;7-8H,3-6,9H2,1-2H3;6-7H,3-5,8H2,1-2H3;3-4H,2H2,1H3,(H,6,7). The first-order valence-corrected chi connectivity index (χ1v) is 15.3. The molecule has 1 aromatic heterocycles. The summed E-state index contributed by atoms with van der Waals surface area (Å²) < 4.78 is 0. The van der Waals surface area contributed by atoms with Crippen molar-refractivity contribution in [1.29, 1.82) is 0 Å². The van der Waals surface area contributed by atoms with Gasteiger partial charge in [-0.05, 0) is 33.1 Å². The van der Waals surface area contributed by atoms with Gasteiger partial charge in [-0.15, -0.1) is 0 Å². The highest BCUT2D eigenvalue weighted by Gasteiger charge is 2.16. The van der Waals surface area contributed by atoms with Crippen molar-refractivity contribution in [2.24, 2.45) is 0 Å². The van der Waals surface area contributed by atoms with Crippen molar-refractivity contribution in [3.8, 4) is 0 Å². The van der Waals surface area contributed by atoms with Crippen molar-refractivity contribution in [3.05, 3.63) is 55.4 Å². The monoisotopic (exact) mass is 544 g/mol. The maximum atomic E-state index is 3.98. The van der Waals surface area contributed by atoms with E-state index in [2.05, 4.69) is 132 Å². The van der Waals surface area contributed by atoms with E-state index in [0.29, 0.717) is 6.17 Å². The lowest BCUT2D eigenvalue weighted by molar-refractivity contribution is 0.193. The number of aromatic nitrogens is 2. The Morgan fingerprint density at radius 3 is 1.74 bits per heavy atom. The molecule has 1 N–H and O–H groups in total. The fourth-order valence-electron chi connectivity index (χ4n) is 4.09. The number of unbranched alkanes of at least 4 members (excludes halogenated alkanes) is 3. The van der Waals surface area contributed by atoms with E-state index >= 15 is 0 Å². The first-order valence-electron chi connectivity index (χ1n) is 15.3. The van der Waals surface area contributed by atoms with Crippen LogP contribution in [0.5, 0.6) is 0 Å². The van der Waals surface area contributed by atoms with E-state index in [1.54, 1.807) is 6.20 Å². The molecular formula is C31H60N8. The van der Waals surface area contributed by atoms with E-state index in [9.17, 15) is 0 Å². The molecule has 0 saturated heterocycles. The number of nitrogens with zero attached hydrogens (tertiary/aromatic N) is 7. The first-order chi connectivity index (χ1) is 18.9. The number of imidazole rings is 1. The zero-order valence-electron chi connectivity index (χ0n) is 26.5. The molecule has 3 aliphatic heterocycles. The van der Waals surface area contributed by atoms with Crippen LogP contribution in [0.1, 0.15) is 85.9 Å². The van der Waals surface area contributed by atoms with Crippen LogP contribution in [-0.4, -0.2) is 99.1 Å². The Morgan fingerprint density at radius 2 is 1.33 bits per heavy atom. The van der Waals surface area contributed by atoms with Gasteiger partial charge in [0.15, 0.2) is 0 Å². The molecule has 0 aliphatic carbocycles. The first kappa shape index (κ1) is 34.3. The molecule has 39 heavy (non-hydrogen) atoms. The van der Waals surface area contributed by atoms with Crippen molar-refractivity contribution in [3.63, 3.8) is 0 Å². The van der Waals surface area contributed by atoms with Gasteiger partial charge >= 0.3 is 0 Å². The summed E-state index contributed by atoms with van der Waals surface area (Å²) in [6.07, 6.45) is 25.9. The highest BCUT2D eigenvalue weighted by atomic mass is 15.4. The smallest absolute Gasteiger partial charge is 0.105 e. The third-order valence-corrected chi connectivity index (χ3v) is 7.01. The highest BCUT2D eigenvalue weighted by molar-refractivity contribution is 4.93. The number of rotatable bonds is 11. The molecule has 0 amide bonds. The number of aryl methyl sites for hydroxylation is 1. The van der Waals surface area contributed by atoms with E-state index in [0.717, 1.165) is 32.1 Å². The van der Waals surface area contributed by atoms with Crippen LogP contribution in [0.2, 0.25) is 0 Å². The largest absolute Gasteiger partial charge is 0.362 e. The van der Waals surface area contributed by atoms with Crippen LogP contribution in [0.4, 0.5) is 0 Å². The molecule has 1 aromatic rings. The predicted octanol–water partition coefficient (Wildman–Crippen LogP) is 6.14. The van der Waals surface area contributed by atoms with E-state index in [1.807, 2.05) is 6.20 Å². The molecular weight excluding hydrogens is 484 g/mol. The molecule has 0 bridgehead atoms. The normalized spacial score (nSPS) is 17.3. The Balaban J connectivity index is 0.000000263. The lowest BCUT2D eigenvalue weighted by Gasteiger charge is -2.26. The average molecular weight is 545 g/mol. The summed E-state index contributed by atoms with van der Waals surface area (Å²) in [6, 6.07) is 0. The fourth-order valence-corrected chi connectivity index (χ4v) is 4.09. The lowest BCUT2D eigenvalue weighted by Crippen LogP contribution is -2.33. The summed E-state index contributed by atoms with van der Waals surface area (Å²) in [7, 11) is 4.22. The van der Waals surface area contributed by atoms with Gasteiger partial charge in [0, 0.05) is 96.3 Å². The summed E-state index contributed by atoms with van der Waals surface area (Å²) in [5, 5.41) is 0. The summed E-state index contributed by atoms with van der Waals surface area (Å²) >= 11 is 0. The minimum Gasteiger partial charge on any atom is -0.362 e. The second kappa shape index (κ2) is 21.1. The van der Waals surface area contributed by atoms with Gasteiger partial charge in [0.05, 0.1) is 19.5 Å². The molecule has 8 nitrogen and oxygen atoms in total. The summed E-state index contributed by atoms with van der Waals surface area (Å²) in [6.45, 7) is 20.1. The molecule has 1 atom stereocenters. The minimum absolute atomic E-state index is 0.557. The van der Waals surface area contributed by atoms with E-state index in [4.69, 9.17) is 0 Å². The Morgan fingerprint density at radius 1 is 0.744 bits per heavy atom. The van der Waals surface area contributed by atoms with Crippen LogP contribution >= 0.6 is 0 Å². The molecule has 0 spiro atoms. The molecule has 4 heterocycles. The lowest BCUT2D eigenvalue weighted by atomic mass is 10.3. The van der Waals surface area contributed by atoms with Crippen LogP contribution in [0.25, 0.3) is 0 Å². The second-order valence-corrected chi connectivity index (χ2v) is 10.4. The predicted molar refractivity (Wildman–Crippen MR) is 167 cm³/mol. The fraction of sp³-hybridized carbons (Fsp3) is 0.710. The summed E-state index contributed by atoms with van der Waals surface area (Å²) in [4.78, 5) is 20.8. The van der Waals surface area contributed by atoms with Crippen LogP contribution < -0.4 is 0 Å². The highest BCUT2D eigenvalue weighted by Crippen LogP contribution is 2.13. The van der Waals surface area contributed by atoms with Gasteiger partial charge in [0.25, 0.3) is 0 Å². The summed E-state index contributed by atoms with van der Waals surface area (Å²) in [5.41, 5.74) is 0. The number of aromatic amines is 1. The van der Waals surface area contributed by atoms with Gasteiger partial charge in [-0.25, -0.2) is 4.98 Å². The number of hydrogen-bond acceptors (Lipinski definition) is 7. The maximum Gasteiger partial charge on any atom is 0.105 e. The van der Waals surface area contributed by atoms with Crippen molar-refractivity contribution >= 4 is 0 Å². The number of H-pyrrole nitrogens is 1. The quantitative estimate of drug-likeness (QED) is 0.359. The minimum atomic E-state index is 0.557. The average Bonchev–Trinajstić information content (AvgIpc) is 3.77. The van der Waals surface area contributed by atoms with Gasteiger partial charge in [0.2, 0.25) is 0 Å². The molecule has 8 heteroatoms. The van der Waals surface area contributed by atoms with Crippen LogP contribution in [0.3, 0.4) is 0 Å². The third kappa shape index (κ3) is 14.8. The molecule has 224 valence electrons. The van der Waals surface area contributed by atoms with Crippen molar-refractivity contribution in [1.82, 2.24) is 39.4 Å². The second-order valence-electron chi connectivity index (χ2n) is 10.4. The van der Waals surface area contributed by atoms with Gasteiger partial charge in [-0.1, -0.05) is 47.0 Å². The Bertz CT molecular complexity index is 776. The van der Waals surface area contributed by atoms with Gasteiger partial charge in [-0.2, -0.15) is 0 Å². The van der Waals surface area contributed by atoms with E-state index in [1.165, 1.54) is 58.2 Å². The zero-order valence-corrected chi connectivity index (χ0v) is 26.5. The van der Waals surface area contributed by atoms with Crippen LogP contribution in [0, 0.1) is 0 Å². The van der Waals surface area contributed by atoms with E-state index < -0.39 is 0 Å². The van der Waals surface area contributed by atoms with Crippen molar-refractivity contribution < 1.29 is 0 Å². The zero-order chi connectivity index (χ0) is 28.9. The van der Waals surface area contributed by atoms with Gasteiger partial charge in [0.1, 0.15) is 5.82 Å². The maximum absolute atomic E-state index is 3.98. The topological polar surface area (TPSA) is 48.1 Å². The van der Waals surface area contributed by atoms with Gasteiger partial charge in [-0.3, -0.25) is 0 Å². The molecule has 3 aliphatic rings. The Labute approximate surface area is 241 Å². The van der Waals surface area contributed by atoms with Crippen molar-refractivity contribution in [2.75, 3.05) is 53.6 Å². The molecule has 0 aromatic carbocycles. The summed E-state index contributed by atoms with van der Waals surface area (Å²) in [5.74, 6) is 1.06. The van der Waals surface area contributed by atoms with E-state index in [-0.39, 0.29) is 0 Å². The van der Waals surface area contributed by atoms with Crippen molar-refractivity contribution in [2.45, 2.75) is 92.7 Å². The molecule has 0 saturated carbocycles. The van der Waals surface area contributed by atoms with Crippen LogP contribution in [-0.2, 0) is 6.42 Å². The van der Waals surface area contributed by atoms with Gasteiger partial charge < -0.3 is 34.4 Å². The molecule has 0 fully saturated rings. The SMILES string of the molecule is CCCCN1C=CN(C)C1.CCCCN1C=CN(C)C1C.CCCCN1C=CN(CC)C1.CCc1ncc[nH]1. The Kier molecular flexibility index (Phi) is 18.5. The number of hydrogen-bond donors (Lipinski definition) is 1. The Hall–Kier alpha value is -2.77. The van der Waals surface area contributed by atoms with Crippen LogP contribution in [0.15, 0.2) is 49.6 Å². The third-order valence-electron chi connectivity index (χ3n) is 7.01. The number of nitrogens with one attached hydrogen (secondary N) is 1. The molecule has 1 unspecified atom stereocenters. The molecule has 0 radical (unpaired) electrons.